The number of rotatable bonds is 0. The zero-order chi connectivity index (χ0) is 6.53. The summed E-state index contributed by atoms with van der Waals surface area (Å²) in [5, 5.41) is 0. The molecule has 0 aromatic heterocycles. The van der Waals surface area contributed by atoms with E-state index in [1.165, 1.54) is 0 Å². The van der Waals surface area contributed by atoms with E-state index in [-0.39, 0.29) is 0 Å². The molecule has 1 heterocycles. The first-order valence-corrected chi connectivity index (χ1v) is 3.07. The van der Waals surface area contributed by atoms with E-state index in [1.807, 2.05) is 18.1 Å². The van der Waals surface area contributed by atoms with Crippen LogP contribution in [0.5, 0.6) is 0 Å². The molecule has 0 fully saturated rings. The first kappa shape index (κ1) is 6.28. The quantitative estimate of drug-likeness (QED) is 0.330. The van der Waals surface area contributed by atoms with Crippen LogP contribution in [0.3, 0.4) is 0 Å². The Kier molecular flexibility index (Phi) is 2.26. The van der Waals surface area contributed by atoms with Gasteiger partial charge in [0.15, 0.2) is 0 Å². The van der Waals surface area contributed by atoms with Crippen molar-refractivity contribution in [2.45, 2.75) is 6.82 Å². The van der Waals surface area contributed by atoms with Crippen LogP contribution in [0.4, 0.5) is 0 Å². The maximum absolute atomic E-state index is 2.99. The monoisotopic (exact) mass is 115 g/mol. The van der Waals surface area contributed by atoms with Gasteiger partial charge in [0.25, 0.3) is 0 Å². The summed E-state index contributed by atoms with van der Waals surface area (Å²) >= 11 is 0. The van der Waals surface area contributed by atoms with Gasteiger partial charge in [-0.15, -0.1) is 6.08 Å². The van der Waals surface area contributed by atoms with Crippen molar-refractivity contribution in [3.05, 3.63) is 36.4 Å². The average Bonchev–Trinajstić information content (AvgIpc) is 1.79. The predicted octanol–water partition coefficient (Wildman–Crippen LogP) is 1.32. The molecule has 0 saturated heterocycles. The van der Waals surface area contributed by atoms with Crippen molar-refractivity contribution < 1.29 is 0 Å². The molecule has 1 aliphatic rings. The SMILES string of the molecule is C[B-]1=C/[C-]=C[C-]=C/C=C\1. The molecule has 0 radical (unpaired) electrons. The molecule has 0 nitrogen and oxygen atoms in total. The summed E-state index contributed by atoms with van der Waals surface area (Å²) in [5.41, 5.74) is 0. The molecule has 0 aliphatic carbocycles. The molecule has 0 aromatic carbocycles. The average molecular weight is 115 g/mol. The maximum atomic E-state index is 2.99. The molecule has 0 N–H and O–H groups in total. The normalized spacial score (nSPS) is 26.1. The second kappa shape index (κ2) is 3.23. The highest BCUT2D eigenvalue weighted by Gasteiger charge is 1.55. The standard InChI is InChI=1S/C8H8B/c1-9-7-5-3-2-4-6-8-9/h3-5,7-8H,1H3/q-3/b5-3?,7-5-. The van der Waals surface area contributed by atoms with E-state index in [2.05, 4.69) is 25.0 Å². The Morgan fingerprint density at radius 1 is 1.33 bits per heavy atom. The Hall–Kier alpha value is -0.845. The zero-order valence-corrected chi connectivity index (χ0v) is 5.46. The van der Waals surface area contributed by atoms with Crippen LogP contribution in [0.2, 0.25) is 6.82 Å². The molecule has 0 bridgehead atoms. The highest BCUT2D eigenvalue weighted by molar-refractivity contribution is 6.70. The highest BCUT2D eigenvalue weighted by atomic mass is 13.7. The largest absolute Gasteiger partial charge is 0.554 e. The van der Waals surface area contributed by atoms with Crippen molar-refractivity contribution in [1.29, 1.82) is 0 Å². The van der Waals surface area contributed by atoms with Crippen LogP contribution in [0.25, 0.3) is 0 Å². The second-order valence-corrected chi connectivity index (χ2v) is 2.06. The van der Waals surface area contributed by atoms with E-state index in [0.29, 0.717) is 6.35 Å². The van der Waals surface area contributed by atoms with Gasteiger partial charge in [-0.05, 0) is 0 Å². The third kappa shape index (κ3) is 2.27. The Balaban J connectivity index is 2.77. The zero-order valence-electron chi connectivity index (χ0n) is 5.46. The van der Waals surface area contributed by atoms with E-state index < -0.39 is 0 Å². The van der Waals surface area contributed by atoms with Crippen molar-refractivity contribution in [3.8, 4) is 0 Å². The first-order chi connectivity index (χ1) is 4.39. The van der Waals surface area contributed by atoms with E-state index in [9.17, 15) is 0 Å². The van der Waals surface area contributed by atoms with Crippen molar-refractivity contribution in [2.24, 2.45) is 0 Å². The van der Waals surface area contributed by atoms with Crippen LogP contribution >= 0.6 is 0 Å². The lowest BCUT2D eigenvalue weighted by Gasteiger charge is -2.15. The summed E-state index contributed by atoms with van der Waals surface area (Å²) in [5.74, 6) is 4.11. The third-order valence-electron chi connectivity index (χ3n) is 1.13. The van der Waals surface area contributed by atoms with E-state index in [0.717, 1.165) is 0 Å². The summed E-state index contributed by atoms with van der Waals surface area (Å²) in [6.45, 7) is 2.12. The lowest BCUT2D eigenvalue weighted by atomic mass is 9.65. The van der Waals surface area contributed by atoms with Gasteiger partial charge in [-0.2, -0.15) is 6.35 Å². The maximum Gasteiger partial charge on any atom is -0.140 e. The van der Waals surface area contributed by atoms with Gasteiger partial charge < -0.3 is 24.2 Å². The molecule has 0 saturated carbocycles. The minimum Gasteiger partial charge on any atom is -0.554 e. The third-order valence-corrected chi connectivity index (χ3v) is 1.13. The predicted molar refractivity (Wildman–Crippen MR) is 42.4 cm³/mol. The molecule has 0 spiro atoms. The van der Waals surface area contributed by atoms with Crippen LogP contribution in [0.1, 0.15) is 0 Å². The fraction of sp³-hybridized carbons (Fsp3) is 0.125. The molecule has 0 aromatic rings. The van der Waals surface area contributed by atoms with E-state index in [1.54, 1.807) is 6.08 Å². The number of hydrogen-bond acceptors (Lipinski definition) is 0. The van der Waals surface area contributed by atoms with E-state index in [4.69, 9.17) is 0 Å². The van der Waals surface area contributed by atoms with Crippen LogP contribution in [0.15, 0.2) is 24.2 Å². The van der Waals surface area contributed by atoms with Crippen LogP contribution in [-0.4, -0.2) is 12.3 Å². The molecule has 0 unspecified atom stereocenters. The van der Waals surface area contributed by atoms with Crippen molar-refractivity contribution in [2.75, 3.05) is 0 Å². The van der Waals surface area contributed by atoms with E-state index >= 15 is 0 Å². The molecular weight excluding hydrogens is 107 g/mol. The van der Waals surface area contributed by atoms with Gasteiger partial charge in [-0.1, -0.05) is 0 Å². The van der Waals surface area contributed by atoms with Crippen molar-refractivity contribution in [1.82, 2.24) is 0 Å². The number of hydrogen-bond donors (Lipinski definition) is 0. The summed E-state index contributed by atoms with van der Waals surface area (Å²) in [7, 11) is 0. The minimum absolute atomic E-state index is 0.500. The van der Waals surface area contributed by atoms with Crippen LogP contribution < -0.4 is 0 Å². The lowest BCUT2D eigenvalue weighted by Crippen LogP contribution is -1.92. The minimum atomic E-state index is 0.500. The molecule has 9 heavy (non-hydrogen) atoms. The van der Waals surface area contributed by atoms with Gasteiger partial charge in [0.2, 0.25) is 0 Å². The molecule has 1 heteroatoms. The Morgan fingerprint density at radius 2 is 2.22 bits per heavy atom. The second-order valence-electron chi connectivity index (χ2n) is 2.06. The van der Waals surface area contributed by atoms with Crippen molar-refractivity contribution >= 4 is 12.3 Å². The molecular formula is C8H8B-3. The van der Waals surface area contributed by atoms with Gasteiger partial charge in [-0.25, -0.2) is 6.82 Å². The Bertz CT molecular complexity index is 195. The van der Waals surface area contributed by atoms with Gasteiger partial charge in [0, 0.05) is 0 Å². The van der Waals surface area contributed by atoms with Crippen molar-refractivity contribution in [3.63, 3.8) is 0 Å². The first-order valence-electron chi connectivity index (χ1n) is 3.07. The number of allylic oxidation sites excluding steroid dienone is 5. The lowest BCUT2D eigenvalue weighted by molar-refractivity contribution is 1.83. The van der Waals surface area contributed by atoms with Gasteiger partial charge in [-0.3, -0.25) is 12.1 Å². The fourth-order valence-corrected chi connectivity index (χ4v) is 0.638. The van der Waals surface area contributed by atoms with Gasteiger partial charge in [0.1, 0.15) is 0 Å². The van der Waals surface area contributed by atoms with Crippen LogP contribution in [0, 0.1) is 12.2 Å². The molecule has 1 aliphatic heterocycles. The fourth-order valence-electron chi connectivity index (χ4n) is 0.638. The van der Waals surface area contributed by atoms with Crippen LogP contribution in [-0.2, 0) is 0 Å². The summed E-state index contributed by atoms with van der Waals surface area (Å²) < 4.78 is 0. The highest BCUT2D eigenvalue weighted by Crippen LogP contribution is 1.82. The summed E-state index contributed by atoms with van der Waals surface area (Å²) in [6, 6.07) is 0. The molecule has 0 amide bonds. The molecule has 46 valence electrons. The Labute approximate surface area is 56.3 Å². The smallest absolute Gasteiger partial charge is 0.140 e. The van der Waals surface area contributed by atoms with Gasteiger partial charge in [0.05, 0.1) is 0 Å². The van der Waals surface area contributed by atoms with Gasteiger partial charge >= 0.3 is 0 Å². The molecule has 0 atom stereocenters. The topological polar surface area (TPSA) is 0 Å². The molecule has 1 rings (SSSR count). The Morgan fingerprint density at radius 3 is 3.11 bits per heavy atom. The summed E-state index contributed by atoms with van der Waals surface area (Å²) in [4.78, 5) is 0. The summed E-state index contributed by atoms with van der Waals surface area (Å²) in [6.07, 6.45) is 12.1.